The second-order valence-electron chi connectivity index (χ2n) is 4.78. The van der Waals surface area contributed by atoms with Gasteiger partial charge in [0, 0.05) is 12.1 Å². The van der Waals surface area contributed by atoms with Gasteiger partial charge in [0.15, 0.2) is 6.49 Å². The fourth-order valence-electron chi connectivity index (χ4n) is 2.18. The molecule has 0 amide bonds. The molecule has 0 radical (unpaired) electrons. The Bertz CT molecular complexity index is 286. The topological polar surface area (TPSA) is 18.5 Å². The summed E-state index contributed by atoms with van der Waals surface area (Å²) in [7, 11) is 0. The van der Waals surface area contributed by atoms with Gasteiger partial charge >= 0.3 is 0 Å². The van der Waals surface area contributed by atoms with Crippen molar-refractivity contribution >= 4 is 30.9 Å². The zero-order chi connectivity index (χ0) is 12.9. The Morgan fingerprint density at radius 1 is 1.35 bits per heavy atom. The summed E-state index contributed by atoms with van der Waals surface area (Å²) in [6.07, 6.45) is 6.18. The molecular weight excluding hydrogens is 271 g/mol. The zero-order valence-electron chi connectivity index (χ0n) is 11.1. The fraction of sp³-hybridized carbons (Fsp3) is 1.00. The van der Waals surface area contributed by atoms with Gasteiger partial charge in [-0.3, -0.25) is 0 Å². The molecule has 2 nitrogen and oxygen atoms in total. The molecule has 1 rings (SSSR count). The van der Waals surface area contributed by atoms with Crippen LogP contribution in [0.15, 0.2) is 0 Å². The van der Waals surface area contributed by atoms with Gasteiger partial charge in [-0.25, -0.2) is 0 Å². The fourth-order valence-corrected chi connectivity index (χ4v) is 6.30. The van der Waals surface area contributed by atoms with Crippen LogP contribution in [0.5, 0.6) is 0 Å². The molecule has 3 atom stereocenters. The molecule has 1 fully saturated rings. The van der Waals surface area contributed by atoms with Crippen LogP contribution in [0.1, 0.15) is 52.9 Å². The molecule has 17 heavy (non-hydrogen) atoms. The Hall–Kier alpha value is 0.920. The average Bonchev–Trinajstić information content (AvgIpc) is 2.27. The second kappa shape index (κ2) is 6.91. The van der Waals surface area contributed by atoms with Crippen LogP contribution >= 0.6 is 19.1 Å². The molecule has 5 heteroatoms. The molecule has 0 aliphatic carbocycles. The largest absolute Gasteiger partial charge is 0.329 e. The minimum Gasteiger partial charge on any atom is -0.329 e. The van der Waals surface area contributed by atoms with Gasteiger partial charge in [0.05, 0.1) is 6.61 Å². The molecule has 0 aromatic rings. The lowest BCUT2D eigenvalue weighted by Crippen LogP contribution is -2.41. The molecule has 1 aliphatic rings. The zero-order valence-corrected chi connectivity index (χ0v) is 13.8. The van der Waals surface area contributed by atoms with Crippen molar-refractivity contribution in [2.24, 2.45) is 5.92 Å². The van der Waals surface area contributed by atoms with E-state index in [2.05, 4.69) is 20.8 Å². The van der Waals surface area contributed by atoms with Crippen LogP contribution in [0, 0.1) is 5.92 Å². The van der Waals surface area contributed by atoms with E-state index in [0.717, 1.165) is 44.9 Å². The lowest BCUT2D eigenvalue weighted by Gasteiger charge is -2.45. The quantitative estimate of drug-likeness (QED) is 0.571. The van der Waals surface area contributed by atoms with Crippen LogP contribution in [-0.2, 0) is 20.9 Å². The van der Waals surface area contributed by atoms with Gasteiger partial charge in [-0.2, -0.15) is 0 Å². The van der Waals surface area contributed by atoms with E-state index >= 15 is 0 Å². The molecule has 1 heterocycles. The first-order valence-corrected chi connectivity index (χ1v) is 9.93. The molecule has 0 aromatic heterocycles. The minimum absolute atomic E-state index is 0.356. The van der Waals surface area contributed by atoms with E-state index in [1.807, 2.05) is 0 Å². The van der Waals surface area contributed by atoms with Crippen LogP contribution in [0.3, 0.4) is 0 Å². The minimum atomic E-state index is -2.07. The summed E-state index contributed by atoms with van der Waals surface area (Å²) >= 11 is 10.4. The summed E-state index contributed by atoms with van der Waals surface area (Å²) in [5.74, 6) is 0.364. The summed E-state index contributed by atoms with van der Waals surface area (Å²) < 4.78 is 12.0. The van der Waals surface area contributed by atoms with Crippen molar-refractivity contribution in [2.45, 2.75) is 57.8 Å². The molecule has 1 aliphatic heterocycles. The van der Waals surface area contributed by atoms with Gasteiger partial charge in [-0.05, 0) is 31.1 Å². The van der Waals surface area contributed by atoms with Crippen molar-refractivity contribution < 1.29 is 9.05 Å². The first-order chi connectivity index (χ1) is 7.99. The molecule has 0 aromatic carbocycles. The smallest absolute Gasteiger partial charge is 0.190 e. The van der Waals surface area contributed by atoms with Gasteiger partial charge in [0.1, 0.15) is 4.93 Å². The maximum absolute atomic E-state index is 6.18. The highest BCUT2D eigenvalue weighted by atomic mass is 32.5. The Balaban J connectivity index is 2.74. The van der Waals surface area contributed by atoms with Crippen molar-refractivity contribution in [3.8, 4) is 0 Å². The average molecular weight is 296 g/mol. The van der Waals surface area contributed by atoms with Crippen molar-refractivity contribution in [1.29, 1.82) is 0 Å². The number of unbranched alkanes of at least 4 members (excludes halogenated alkanes) is 1. The molecule has 3 unspecified atom stereocenters. The van der Waals surface area contributed by atoms with Gasteiger partial charge in [0.25, 0.3) is 0 Å². The number of thiol groups is 1. The summed E-state index contributed by atoms with van der Waals surface area (Å²) in [5, 5.41) is 0. The SMILES string of the molecule is CCCCP1(=S)OCC(CC)C(S)(CCC)O1. The molecule has 0 N–H and O–H groups in total. The third-order valence-electron chi connectivity index (χ3n) is 3.29. The van der Waals surface area contributed by atoms with Crippen molar-refractivity contribution in [3.05, 3.63) is 0 Å². The predicted molar refractivity (Wildman–Crippen MR) is 81.5 cm³/mol. The normalized spacial score (nSPS) is 38.2. The van der Waals surface area contributed by atoms with Gasteiger partial charge in [-0.15, -0.1) is 12.6 Å². The molecular formula is C12H25O2PS2. The number of rotatable bonds is 6. The summed E-state index contributed by atoms with van der Waals surface area (Å²) in [6.45, 7) is 5.15. The molecule has 0 bridgehead atoms. The first-order valence-electron chi connectivity index (χ1n) is 6.66. The van der Waals surface area contributed by atoms with Crippen molar-refractivity contribution in [2.75, 3.05) is 12.8 Å². The van der Waals surface area contributed by atoms with E-state index < -0.39 is 6.49 Å². The van der Waals surface area contributed by atoms with E-state index in [1.165, 1.54) is 0 Å². The van der Waals surface area contributed by atoms with E-state index in [1.54, 1.807) is 0 Å². The lowest BCUT2D eigenvalue weighted by atomic mass is 9.96. The third kappa shape index (κ3) is 4.21. The summed E-state index contributed by atoms with van der Waals surface area (Å²) in [4.78, 5) is -0.356. The molecule has 1 saturated heterocycles. The Morgan fingerprint density at radius 2 is 2.06 bits per heavy atom. The predicted octanol–water partition coefficient (Wildman–Crippen LogP) is 4.60. The standard InChI is InChI=1S/C12H25O2PS2/c1-4-7-9-15(17)13-10-11(6-3)12(16,14-15)8-5-2/h11,16H,4-10H2,1-3H3. The molecule has 0 saturated carbocycles. The summed E-state index contributed by atoms with van der Waals surface area (Å²) in [6, 6.07) is 0. The Morgan fingerprint density at radius 3 is 2.59 bits per heavy atom. The number of hydrogen-bond acceptors (Lipinski definition) is 4. The highest BCUT2D eigenvalue weighted by molar-refractivity contribution is 8.10. The van der Waals surface area contributed by atoms with Crippen LogP contribution in [0.2, 0.25) is 0 Å². The summed E-state index contributed by atoms with van der Waals surface area (Å²) in [5.41, 5.74) is 0. The monoisotopic (exact) mass is 296 g/mol. The van der Waals surface area contributed by atoms with Crippen molar-refractivity contribution in [3.63, 3.8) is 0 Å². The lowest BCUT2D eigenvalue weighted by molar-refractivity contribution is 0.0132. The van der Waals surface area contributed by atoms with Crippen LogP contribution in [0.25, 0.3) is 0 Å². The van der Waals surface area contributed by atoms with Gasteiger partial charge in [-0.1, -0.05) is 33.6 Å². The van der Waals surface area contributed by atoms with Gasteiger partial charge in [0.2, 0.25) is 0 Å². The Labute approximate surface area is 116 Å². The second-order valence-corrected chi connectivity index (χ2v) is 9.31. The van der Waals surface area contributed by atoms with Crippen LogP contribution in [-0.4, -0.2) is 17.7 Å². The van der Waals surface area contributed by atoms with E-state index in [4.69, 9.17) is 33.5 Å². The van der Waals surface area contributed by atoms with Gasteiger partial charge < -0.3 is 9.05 Å². The van der Waals surface area contributed by atoms with Crippen LogP contribution in [0.4, 0.5) is 0 Å². The Kier molecular flexibility index (Phi) is 6.49. The van der Waals surface area contributed by atoms with E-state index in [0.29, 0.717) is 5.92 Å². The first kappa shape index (κ1) is 16.0. The highest BCUT2D eigenvalue weighted by Crippen LogP contribution is 2.60. The van der Waals surface area contributed by atoms with Crippen molar-refractivity contribution in [1.82, 2.24) is 0 Å². The highest BCUT2D eigenvalue weighted by Gasteiger charge is 2.44. The van der Waals surface area contributed by atoms with E-state index in [9.17, 15) is 0 Å². The number of hydrogen-bond donors (Lipinski definition) is 1. The van der Waals surface area contributed by atoms with E-state index in [-0.39, 0.29) is 4.93 Å². The maximum atomic E-state index is 6.18. The third-order valence-corrected chi connectivity index (χ3v) is 7.22. The molecule has 102 valence electrons. The van der Waals surface area contributed by atoms with Crippen LogP contribution < -0.4 is 0 Å². The molecule has 0 spiro atoms. The maximum Gasteiger partial charge on any atom is 0.190 e.